The van der Waals surface area contributed by atoms with E-state index in [9.17, 15) is 31.9 Å². The molecule has 1 N–H and O–H groups in total. The van der Waals surface area contributed by atoms with E-state index in [4.69, 9.17) is 11.6 Å². The molecule has 7 nitrogen and oxygen atoms in total. The van der Waals surface area contributed by atoms with Crippen LogP contribution >= 0.6 is 11.6 Å². The summed E-state index contributed by atoms with van der Waals surface area (Å²) in [5.41, 5.74) is -0.668. The van der Waals surface area contributed by atoms with Gasteiger partial charge >= 0.3 is 6.03 Å². The number of urea groups is 1. The number of carbonyl (C=O) groups excluding carboxylic acids is 2. The fourth-order valence-corrected chi connectivity index (χ4v) is 4.39. The van der Waals surface area contributed by atoms with E-state index in [2.05, 4.69) is 5.32 Å². The Morgan fingerprint density at radius 3 is 2.32 bits per heavy atom. The van der Waals surface area contributed by atoms with Gasteiger partial charge < -0.3 is 14.8 Å². The lowest BCUT2D eigenvalue weighted by Gasteiger charge is -2.39. The van der Waals surface area contributed by atoms with Crippen LogP contribution in [0.4, 0.5) is 28.0 Å². The summed E-state index contributed by atoms with van der Waals surface area (Å²) in [7, 11) is 2.89. The summed E-state index contributed by atoms with van der Waals surface area (Å²) in [5.74, 6) is -5.21. The van der Waals surface area contributed by atoms with E-state index in [0.717, 1.165) is 4.57 Å². The van der Waals surface area contributed by atoms with Gasteiger partial charge in [0, 0.05) is 55.7 Å². The minimum atomic E-state index is -1.15. The number of nitrogens with zero attached hydrogens (tertiary/aromatic N) is 3. The van der Waals surface area contributed by atoms with Crippen molar-refractivity contribution in [3.8, 4) is 0 Å². The zero-order valence-corrected chi connectivity index (χ0v) is 20.7. The first-order chi connectivity index (χ1) is 17.4. The summed E-state index contributed by atoms with van der Waals surface area (Å²) in [6.45, 7) is 0.824. The fourth-order valence-electron chi connectivity index (χ4n) is 4.10. The number of hydrogen-bond acceptors (Lipinski definition) is 3. The van der Waals surface area contributed by atoms with Gasteiger partial charge in [0.2, 0.25) is 0 Å². The van der Waals surface area contributed by atoms with Crippen LogP contribution in [-0.4, -0.2) is 28.5 Å². The van der Waals surface area contributed by atoms with Crippen molar-refractivity contribution in [1.29, 1.82) is 0 Å². The van der Waals surface area contributed by atoms with E-state index in [1.165, 1.54) is 35.2 Å². The van der Waals surface area contributed by atoms with Crippen molar-refractivity contribution in [2.24, 2.45) is 7.05 Å². The maximum Gasteiger partial charge on any atom is 0.325 e. The molecule has 3 amide bonds. The van der Waals surface area contributed by atoms with E-state index in [1.54, 1.807) is 20.0 Å². The van der Waals surface area contributed by atoms with Crippen molar-refractivity contribution in [3.63, 3.8) is 0 Å². The van der Waals surface area contributed by atoms with Crippen LogP contribution in [0.1, 0.15) is 40.0 Å². The second-order valence-corrected chi connectivity index (χ2v) is 9.05. The monoisotopic (exact) mass is 536 g/mol. The Bertz CT molecular complexity index is 1470. The van der Waals surface area contributed by atoms with Gasteiger partial charge in [0.1, 0.15) is 17.5 Å². The lowest BCUT2D eigenvalue weighted by atomic mass is 9.98. The number of hydrogen-bond donors (Lipinski definition) is 1. The average molecular weight is 537 g/mol. The van der Waals surface area contributed by atoms with Gasteiger partial charge in [0.15, 0.2) is 5.82 Å². The summed E-state index contributed by atoms with van der Waals surface area (Å²) in [6, 6.07) is 4.54. The Morgan fingerprint density at radius 1 is 1.03 bits per heavy atom. The summed E-state index contributed by atoms with van der Waals surface area (Å²) < 4.78 is 56.8. The fraction of sp³-hybridized carbons (Fsp3) is 0.240. The van der Waals surface area contributed by atoms with Gasteiger partial charge in [-0.15, -0.1) is 0 Å². The number of carbonyl (C=O) groups is 2. The van der Waals surface area contributed by atoms with Crippen molar-refractivity contribution in [1.82, 2.24) is 14.8 Å². The Kier molecular flexibility index (Phi) is 7.00. The highest BCUT2D eigenvalue weighted by Gasteiger charge is 2.35. The van der Waals surface area contributed by atoms with Crippen LogP contribution in [0.15, 0.2) is 41.3 Å². The molecule has 194 valence electrons. The van der Waals surface area contributed by atoms with Crippen LogP contribution in [0.5, 0.6) is 0 Å². The van der Waals surface area contributed by atoms with Crippen LogP contribution in [-0.2, 0) is 20.1 Å². The number of aryl methyl sites for hydroxylation is 1. The molecule has 3 aromatic rings. The molecule has 1 atom stereocenters. The SMILES string of the molecule is C[C@H]1c2ccc(C(=O)NCc3c(F)cc(F)cc3F)cc2N(Cc2c(Cl)cn(C)c(=O)c2F)C(=O)N1C. The molecule has 0 aliphatic carbocycles. The number of halogens is 5. The summed E-state index contributed by atoms with van der Waals surface area (Å²) >= 11 is 6.18. The minimum absolute atomic E-state index is 0.0479. The standard InChI is InChI=1S/C25H21ClF4N4O3/c1-12-15-5-4-13(23(35)31-9-16-19(28)7-14(27)8-20(16)29)6-21(15)34(25(37)33(12)3)10-17-18(26)11-32(2)24(36)22(17)30/h4-8,11-12H,9-10H2,1-3H3,(H,31,35)/t12-/m0/s1. The first-order valence-electron chi connectivity index (χ1n) is 11.0. The molecule has 12 heteroatoms. The average Bonchev–Trinajstić information content (AvgIpc) is 2.84. The molecule has 1 aliphatic heterocycles. The predicted octanol–water partition coefficient (Wildman–Crippen LogP) is 4.66. The molecule has 0 fully saturated rings. The third kappa shape index (κ3) is 4.78. The quantitative estimate of drug-likeness (QED) is 0.482. The molecule has 2 aromatic carbocycles. The van der Waals surface area contributed by atoms with E-state index >= 15 is 0 Å². The molecule has 37 heavy (non-hydrogen) atoms. The largest absolute Gasteiger partial charge is 0.348 e. The van der Waals surface area contributed by atoms with Gasteiger partial charge in [-0.3, -0.25) is 14.5 Å². The Labute approximate surface area is 213 Å². The second kappa shape index (κ2) is 9.89. The zero-order chi connectivity index (χ0) is 27.2. The van der Waals surface area contributed by atoms with Crippen LogP contribution in [0.3, 0.4) is 0 Å². The number of rotatable bonds is 5. The highest BCUT2D eigenvalue weighted by Crippen LogP contribution is 2.38. The number of amides is 3. The maximum atomic E-state index is 14.8. The van der Waals surface area contributed by atoms with E-state index in [1.807, 2.05) is 0 Å². The van der Waals surface area contributed by atoms with Gasteiger partial charge in [-0.1, -0.05) is 17.7 Å². The number of anilines is 1. The Balaban J connectivity index is 1.68. The molecular weight excluding hydrogens is 516 g/mol. The number of benzene rings is 2. The highest BCUT2D eigenvalue weighted by atomic mass is 35.5. The lowest BCUT2D eigenvalue weighted by Crippen LogP contribution is -2.47. The van der Waals surface area contributed by atoms with Crippen molar-refractivity contribution >= 4 is 29.2 Å². The number of nitrogens with one attached hydrogen (secondary N) is 1. The molecule has 1 aliphatic rings. The van der Waals surface area contributed by atoms with Crippen LogP contribution < -0.4 is 15.8 Å². The summed E-state index contributed by atoms with van der Waals surface area (Å²) in [5, 5.41) is 2.31. The molecule has 1 aromatic heterocycles. The maximum absolute atomic E-state index is 14.8. The molecule has 0 saturated heterocycles. The van der Waals surface area contributed by atoms with Crippen molar-refractivity contribution in [2.45, 2.75) is 26.1 Å². The molecule has 2 heterocycles. The number of pyridine rings is 1. The predicted molar refractivity (Wildman–Crippen MR) is 128 cm³/mol. The molecule has 0 bridgehead atoms. The van der Waals surface area contributed by atoms with Crippen molar-refractivity contribution in [2.75, 3.05) is 11.9 Å². The smallest absolute Gasteiger partial charge is 0.325 e. The summed E-state index contributed by atoms with van der Waals surface area (Å²) in [4.78, 5) is 40.7. The van der Waals surface area contributed by atoms with Crippen LogP contribution in [0.25, 0.3) is 0 Å². The molecular formula is C25H21ClF4N4O3. The van der Waals surface area contributed by atoms with Gasteiger partial charge in [-0.05, 0) is 24.6 Å². The molecule has 0 unspecified atom stereocenters. The van der Waals surface area contributed by atoms with Gasteiger partial charge in [-0.2, -0.15) is 0 Å². The number of aromatic nitrogens is 1. The van der Waals surface area contributed by atoms with Gasteiger partial charge in [0.25, 0.3) is 11.5 Å². The number of fused-ring (bicyclic) bond motifs is 1. The first-order valence-corrected chi connectivity index (χ1v) is 11.4. The Morgan fingerprint density at radius 2 is 1.68 bits per heavy atom. The normalized spacial score (nSPS) is 15.1. The molecule has 0 spiro atoms. The second-order valence-electron chi connectivity index (χ2n) is 8.65. The zero-order valence-electron chi connectivity index (χ0n) is 19.9. The third-order valence-electron chi connectivity index (χ3n) is 6.36. The molecule has 0 radical (unpaired) electrons. The molecule has 0 saturated carbocycles. The third-order valence-corrected chi connectivity index (χ3v) is 6.69. The van der Waals surface area contributed by atoms with Crippen LogP contribution in [0, 0.1) is 23.3 Å². The van der Waals surface area contributed by atoms with Gasteiger partial charge in [-0.25, -0.2) is 22.4 Å². The minimum Gasteiger partial charge on any atom is -0.348 e. The Hall–Kier alpha value is -3.86. The van der Waals surface area contributed by atoms with E-state index in [0.29, 0.717) is 17.7 Å². The topological polar surface area (TPSA) is 74.6 Å². The lowest BCUT2D eigenvalue weighted by molar-refractivity contribution is 0.0950. The summed E-state index contributed by atoms with van der Waals surface area (Å²) in [6.07, 6.45) is 1.24. The van der Waals surface area contributed by atoms with Crippen molar-refractivity contribution in [3.05, 3.63) is 97.4 Å². The van der Waals surface area contributed by atoms with Crippen molar-refractivity contribution < 1.29 is 27.2 Å². The van der Waals surface area contributed by atoms with Crippen LogP contribution in [0.2, 0.25) is 5.02 Å². The highest BCUT2D eigenvalue weighted by molar-refractivity contribution is 6.31. The van der Waals surface area contributed by atoms with Gasteiger partial charge in [0.05, 0.1) is 23.3 Å². The van der Waals surface area contributed by atoms with E-state index in [-0.39, 0.29) is 28.4 Å². The molecule has 4 rings (SSSR count). The van der Waals surface area contributed by atoms with E-state index < -0.39 is 58.9 Å². The first kappa shape index (κ1) is 26.2.